The van der Waals surface area contributed by atoms with E-state index in [-0.39, 0.29) is 27.6 Å². The highest BCUT2D eigenvalue weighted by molar-refractivity contribution is 7.98. The second-order valence-electron chi connectivity index (χ2n) is 3.29. The van der Waals surface area contributed by atoms with Gasteiger partial charge in [0, 0.05) is 6.07 Å². The standard InChI is InChI=1S/C11H13NO6S/c1-16-7-5-6(11(13)18-3)10(19-4)8(12(14)15)9(7)17-2/h5H,1-4H3. The first-order chi connectivity index (χ1) is 9.01. The summed E-state index contributed by atoms with van der Waals surface area (Å²) in [6.07, 6.45) is 1.63. The summed E-state index contributed by atoms with van der Waals surface area (Å²) in [7, 11) is 3.84. The van der Waals surface area contributed by atoms with Crippen LogP contribution in [0.25, 0.3) is 0 Å². The Hall–Kier alpha value is -1.96. The summed E-state index contributed by atoms with van der Waals surface area (Å²) in [6, 6.07) is 1.36. The van der Waals surface area contributed by atoms with Gasteiger partial charge in [0.1, 0.15) is 4.90 Å². The van der Waals surface area contributed by atoms with Crippen molar-refractivity contribution in [3.8, 4) is 11.5 Å². The number of esters is 1. The van der Waals surface area contributed by atoms with Crippen molar-refractivity contribution >= 4 is 23.4 Å². The van der Waals surface area contributed by atoms with Crippen LogP contribution in [0, 0.1) is 10.1 Å². The molecule has 0 aliphatic rings. The molecule has 0 saturated heterocycles. The van der Waals surface area contributed by atoms with E-state index in [1.165, 1.54) is 27.4 Å². The Morgan fingerprint density at radius 3 is 2.32 bits per heavy atom. The van der Waals surface area contributed by atoms with Gasteiger partial charge in [0.15, 0.2) is 5.75 Å². The van der Waals surface area contributed by atoms with Crippen molar-refractivity contribution in [2.75, 3.05) is 27.6 Å². The van der Waals surface area contributed by atoms with Gasteiger partial charge in [-0.05, 0) is 6.26 Å². The number of nitro groups is 1. The molecule has 0 heterocycles. The van der Waals surface area contributed by atoms with E-state index >= 15 is 0 Å². The zero-order chi connectivity index (χ0) is 14.6. The van der Waals surface area contributed by atoms with Crippen LogP contribution in [0.2, 0.25) is 0 Å². The molecule has 0 fully saturated rings. The van der Waals surface area contributed by atoms with Gasteiger partial charge in [-0.15, -0.1) is 11.8 Å². The fraction of sp³-hybridized carbons (Fsp3) is 0.364. The van der Waals surface area contributed by atoms with Gasteiger partial charge in [-0.3, -0.25) is 10.1 Å². The molecule has 0 N–H and O–H groups in total. The predicted octanol–water partition coefficient (Wildman–Crippen LogP) is 2.12. The number of carbonyl (C=O) groups is 1. The van der Waals surface area contributed by atoms with E-state index in [0.29, 0.717) is 0 Å². The van der Waals surface area contributed by atoms with Crippen LogP contribution in [0.5, 0.6) is 11.5 Å². The molecule has 1 rings (SSSR count). The van der Waals surface area contributed by atoms with Gasteiger partial charge in [0.25, 0.3) is 0 Å². The molecule has 1 aromatic rings. The topological polar surface area (TPSA) is 87.9 Å². The molecule has 0 unspecified atom stereocenters. The van der Waals surface area contributed by atoms with Crippen molar-refractivity contribution in [1.82, 2.24) is 0 Å². The third-order valence-electron chi connectivity index (χ3n) is 2.39. The summed E-state index contributed by atoms with van der Waals surface area (Å²) < 4.78 is 14.6. The summed E-state index contributed by atoms with van der Waals surface area (Å²) >= 11 is 1.06. The Labute approximate surface area is 114 Å². The highest BCUT2D eigenvalue weighted by Gasteiger charge is 2.31. The Balaban J connectivity index is 3.72. The zero-order valence-corrected chi connectivity index (χ0v) is 11.7. The van der Waals surface area contributed by atoms with Crippen LogP contribution in [-0.4, -0.2) is 38.5 Å². The first-order valence-electron chi connectivity index (χ1n) is 5.07. The first kappa shape index (κ1) is 15.1. The predicted molar refractivity (Wildman–Crippen MR) is 69.3 cm³/mol. The second kappa shape index (κ2) is 6.28. The minimum atomic E-state index is -0.673. The monoisotopic (exact) mass is 287 g/mol. The molecule has 1 aromatic carbocycles. The van der Waals surface area contributed by atoms with E-state index < -0.39 is 10.9 Å². The summed E-state index contributed by atoms with van der Waals surface area (Å²) in [6.45, 7) is 0. The third kappa shape index (κ3) is 2.73. The van der Waals surface area contributed by atoms with E-state index in [1.54, 1.807) is 6.26 Å². The summed E-state index contributed by atoms with van der Waals surface area (Å²) in [5.41, 5.74) is -0.242. The third-order valence-corrected chi connectivity index (χ3v) is 3.21. The zero-order valence-electron chi connectivity index (χ0n) is 10.9. The molecule has 104 valence electrons. The molecular formula is C11H13NO6S. The van der Waals surface area contributed by atoms with Crippen molar-refractivity contribution in [2.45, 2.75) is 4.90 Å². The van der Waals surface area contributed by atoms with Gasteiger partial charge in [-0.25, -0.2) is 4.79 Å². The average molecular weight is 287 g/mol. The fourth-order valence-electron chi connectivity index (χ4n) is 1.59. The quantitative estimate of drug-likeness (QED) is 0.354. The van der Waals surface area contributed by atoms with Gasteiger partial charge in [0.2, 0.25) is 5.75 Å². The molecule has 0 radical (unpaired) electrons. The largest absolute Gasteiger partial charge is 0.493 e. The minimum absolute atomic E-state index is 0.0236. The van der Waals surface area contributed by atoms with E-state index in [0.717, 1.165) is 11.8 Å². The molecule has 7 nitrogen and oxygen atoms in total. The van der Waals surface area contributed by atoms with Gasteiger partial charge in [0.05, 0.1) is 31.8 Å². The molecular weight excluding hydrogens is 274 g/mol. The number of methoxy groups -OCH3 is 3. The van der Waals surface area contributed by atoms with Crippen LogP contribution in [0.3, 0.4) is 0 Å². The number of nitrogens with zero attached hydrogens (tertiary/aromatic N) is 1. The number of benzene rings is 1. The Bertz CT molecular complexity index is 516. The number of hydrogen-bond donors (Lipinski definition) is 0. The lowest BCUT2D eigenvalue weighted by atomic mass is 10.1. The maximum Gasteiger partial charge on any atom is 0.339 e. The Morgan fingerprint density at radius 2 is 1.95 bits per heavy atom. The molecule has 0 amide bonds. The number of hydrogen-bond acceptors (Lipinski definition) is 7. The van der Waals surface area contributed by atoms with Crippen molar-refractivity contribution in [1.29, 1.82) is 0 Å². The normalized spacial score (nSPS) is 9.89. The molecule has 19 heavy (non-hydrogen) atoms. The number of rotatable bonds is 5. The molecule has 0 aromatic heterocycles. The number of nitro benzene ring substituents is 1. The van der Waals surface area contributed by atoms with E-state index in [1.807, 2.05) is 0 Å². The SMILES string of the molecule is COC(=O)c1cc(OC)c(OC)c([N+](=O)[O-])c1SC. The minimum Gasteiger partial charge on any atom is -0.493 e. The van der Waals surface area contributed by atoms with Crippen LogP contribution in [0.15, 0.2) is 11.0 Å². The van der Waals surface area contributed by atoms with E-state index in [2.05, 4.69) is 4.74 Å². The number of thioether (sulfide) groups is 1. The van der Waals surface area contributed by atoms with Crippen LogP contribution >= 0.6 is 11.8 Å². The molecule has 0 bridgehead atoms. The summed E-state index contributed by atoms with van der Waals surface area (Å²) in [5.74, 6) is -0.592. The smallest absolute Gasteiger partial charge is 0.339 e. The summed E-state index contributed by atoms with van der Waals surface area (Å²) in [5, 5.41) is 11.2. The van der Waals surface area contributed by atoms with Crippen LogP contribution < -0.4 is 9.47 Å². The maximum absolute atomic E-state index is 11.7. The van der Waals surface area contributed by atoms with Gasteiger partial charge >= 0.3 is 11.7 Å². The van der Waals surface area contributed by atoms with Crippen molar-refractivity contribution in [3.05, 3.63) is 21.7 Å². The van der Waals surface area contributed by atoms with E-state index in [9.17, 15) is 14.9 Å². The first-order valence-corrected chi connectivity index (χ1v) is 6.29. The molecule has 0 aliphatic heterocycles. The van der Waals surface area contributed by atoms with Gasteiger partial charge in [-0.1, -0.05) is 0 Å². The highest BCUT2D eigenvalue weighted by Crippen LogP contribution is 2.45. The maximum atomic E-state index is 11.7. The van der Waals surface area contributed by atoms with E-state index in [4.69, 9.17) is 9.47 Å². The molecule has 0 atom stereocenters. The number of carbonyl (C=O) groups excluding carboxylic acids is 1. The lowest BCUT2D eigenvalue weighted by Gasteiger charge is -2.13. The summed E-state index contributed by atoms with van der Waals surface area (Å²) in [4.78, 5) is 22.4. The van der Waals surface area contributed by atoms with Crippen LogP contribution in [0.4, 0.5) is 5.69 Å². The lowest BCUT2D eigenvalue weighted by molar-refractivity contribution is -0.388. The highest BCUT2D eigenvalue weighted by atomic mass is 32.2. The van der Waals surface area contributed by atoms with Gasteiger partial charge < -0.3 is 14.2 Å². The number of ether oxygens (including phenoxy) is 3. The van der Waals surface area contributed by atoms with Crippen molar-refractivity contribution in [3.63, 3.8) is 0 Å². The average Bonchev–Trinajstić information content (AvgIpc) is 2.43. The molecule has 0 spiro atoms. The van der Waals surface area contributed by atoms with Crippen LogP contribution in [-0.2, 0) is 4.74 Å². The van der Waals surface area contributed by atoms with Crippen molar-refractivity contribution in [2.24, 2.45) is 0 Å². The second-order valence-corrected chi connectivity index (χ2v) is 4.11. The Kier molecular flexibility index (Phi) is 4.99. The van der Waals surface area contributed by atoms with Crippen LogP contribution in [0.1, 0.15) is 10.4 Å². The molecule has 0 aliphatic carbocycles. The van der Waals surface area contributed by atoms with Crippen molar-refractivity contribution < 1.29 is 23.9 Å². The molecule has 8 heteroatoms. The lowest BCUT2D eigenvalue weighted by Crippen LogP contribution is -2.08. The van der Waals surface area contributed by atoms with Gasteiger partial charge in [-0.2, -0.15) is 0 Å². The molecule has 0 saturated carbocycles. The fourth-order valence-corrected chi connectivity index (χ4v) is 2.32. The Morgan fingerprint density at radius 1 is 1.32 bits per heavy atom.